The molecule has 2 rings (SSSR count). The third-order valence-corrected chi connectivity index (χ3v) is 8.37. The monoisotopic (exact) mass is 680 g/mol. The Morgan fingerprint density at radius 2 is 1.06 bits per heavy atom. The molecule has 0 bridgehead atoms. The number of rotatable bonds is 22. The van der Waals surface area contributed by atoms with E-state index in [1.54, 1.807) is 0 Å². The number of ether oxygens (including phenoxy) is 6. The molecule has 15 heteroatoms. The van der Waals surface area contributed by atoms with Crippen LogP contribution in [-0.2, 0) is 42.8 Å². The van der Waals surface area contributed by atoms with Crippen LogP contribution >= 0.6 is 0 Å². The van der Waals surface area contributed by atoms with Gasteiger partial charge < -0.3 is 59.1 Å². The van der Waals surface area contributed by atoms with Crippen molar-refractivity contribution in [1.82, 2.24) is 0 Å². The Morgan fingerprint density at radius 1 is 0.617 bits per heavy atom. The van der Waals surface area contributed by atoms with Gasteiger partial charge in [0.25, 0.3) is 0 Å². The predicted molar refractivity (Wildman–Crippen MR) is 164 cm³/mol. The fourth-order valence-corrected chi connectivity index (χ4v) is 5.61. The number of aliphatic hydroxyl groups excluding tert-OH is 5. The van der Waals surface area contributed by atoms with Crippen molar-refractivity contribution in [2.75, 3.05) is 13.2 Å². The number of carbonyl (C=O) groups is 3. The van der Waals surface area contributed by atoms with Gasteiger partial charge in [0, 0.05) is 20.3 Å². The van der Waals surface area contributed by atoms with E-state index in [0.29, 0.717) is 6.42 Å². The Balaban J connectivity index is 1.88. The van der Waals surface area contributed by atoms with E-state index >= 15 is 0 Å². The van der Waals surface area contributed by atoms with Crippen LogP contribution in [0.15, 0.2) is 0 Å². The van der Waals surface area contributed by atoms with Gasteiger partial charge in [-0.1, -0.05) is 64.2 Å². The highest BCUT2D eigenvalue weighted by molar-refractivity contribution is 5.66. The van der Waals surface area contributed by atoms with Gasteiger partial charge >= 0.3 is 17.9 Å². The molecule has 2 aliphatic rings. The summed E-state index contributed by atoms with van der Waals surface area (Å²) >= 11 is 0. The molecule has 0 aromatic heterocycles. The Bertz CT molecular complexity index is 919. The summed E-state index contributed by atoms with van der Waals surface area (Å²) in [6.07, 6.45) is -3.31. The Labute approximate surface area is 276 Å². The van der Waals surface area contributed by atoms with Crippen molar-refractivity contribution in [1.29, 1.82) is 0 Å². The SMILES string of the molecule is CC(=O)OC[C@H]1O[C@@H](O[C@H]2[C@H](OC(C)CCCCCCCCCCCCCC(=O)O)O[C@H](COC(C)=O)[C@@H](O)[C@@H]2O)[C@H](O)[C@@H](O)[C@@H]1O. The summed E-state index contributed by atoms with van der Waals surface area (Å²) in [5.74, 6) is -2.01. The first-order chi connectivity index (χ1) is 22.3. The number of aliphatic carboxylic acids is 1. The van der Waals surface area contributed by atoms with Crippen molar-refractivity contribution in [3.05, 3.63) is 0 Å². The molecule has 0 amide bonds. The normalized spacial score (nSPS) is 31.7. The van der Waals surface area contributed by atoms with E-state index in [1.807, 2.05) is 6.92 Å². The van der Waals surface area contributed by atoms with Gasteiger partial charge in [-0.05, 0) is 19.8 Å². The zero-order valence-electron chi connectivity index (χ0n) is 27.8. The number of aliphatic hydroxyl groups is 5. The third kappa shape index (κ3) is 15.0. The molecule has 47 heavy (non-hydrogen) atoms. The zero-order chi connectivity index (χ0) is 34.9. The average molecular weight is 681 g/mol. The number of hydrogen-bond acceptors (Lipinski definition) is 14. The summed E-state index contributed by atoms with van der Waals surface area (Å²) in [5.41, 5.74) is 0. The molecular formula is C32H56O15. The molecule has 15 nitrogen and oxygen atoms in total. The van der Waals surface area contributed by atoms with E-state index in [2.05, 4.69) is 0 Å². The minimum absolute atomic E-state index is 0.240. The van der Waals surface area contributed by atoms with Crippen molar-refractivity contribution >= 4 is 17.9 Å². The van der Waals surface area contributed by atoms with Gasteiger partial charge in [-0.3, -0.25) is 14.4 Å². The van der Waals surface area contributed by atoms with Crippen molar-refractivity contribution in [2.24, 2.45) is 0 Å². The molecule has 0 aliphatic carbocycles. The second kappa shape index (κ2) is 21.9. The number of carboxylic acids is 1. The molecule has 1 unspecified atom stereocenters. The minimum atomic E-state index is -1.77. The average Bonchev–Trinajstić information content (AvgIpc) is 3.01. The maximum atomic E-state index is 11.4. The molecule has 2 saturated heterocycles. The van der Waals surface area contributed by atoms with Crippen LogP contribution in [0.25, 0.3) is 0 Å². The van der Waals surface area contributed by atoms with E-state index < -0.39 is 85.9 Å². The van der Waals surface area contributed by atoms with Crippen LogP contribution in [0.5, 0.6) is 0 Å². The van der Waals surface area contributed by atoms with Gasteiger partial charge in [0.15, 0.2) is 12.6 Å². The van der Waals surface area contributed by atoms with Crippen LogP contribution in [0.1, 0.15) is 104 Å². The lowest BCUT2D eigenvalue weighted by Gasteiger charge is -2.46. The van der Waals surface area contributed by atoms with E-state index in [9.17, 15) is 39.9 Å². The molecule has 2 fully saturated rings. The quantitative estimate of drug-likeness (QED) is 0.0700. The number of unbranched alkanes of at least 4 members (excludes halogenated alkanes) is 10. The molecule has 2 aliphatic heterocycles. The smallest absolute Gasteiger partial charge is 0.303 e. The van der Waals surface area contributed by atoms with Gasteiger partial charge in [-0.25, -0.2) is 0 Å². The first kappa shape index (κ1) is 41.2. The van der Waals surface area contributed by atoms with Crippen molar-refractivity contribution in [2.45, 2.75) is 172 Å². The van der Waals surface area contributed by atoms with Crippen molar-refractivity contribution in [3.63, 3.8) is 0 Å². The molecule has 0 aromatic carbocycles. The largest absolute Gasteiger partial charge is 0.481 e. The summed E-state index contributed by atoms with van der Waals surface area (Å²) in [4.78, 5) is 33.2. The van der Waals surface area contributed by atoms with Crippen LogP contribution in [0, 0.1) is 0 Å². The van der Waals surface area contributed by atoms with Gasteiger partial charge in [0.05, 0.1) is 6.10 Å². The maximum Gasteiger partial charge on any atom is 0.303 e. The van der Waals surface area contributed by atoms with Crippen LogP contribution in [-0.4, -0.2) is 129 Å². The molecule has 11 atom stereocenters. The molecule has 6 N–H and O–H groups in total. The summed E-state index contributed by atoms with van der Waals surface area (Å²) < 4.78 is 33.2. The number of esters is 2. The van der Waals surface area contributed by atoms with Gasteiger partial charge in [-0.2, -0.15) is 0 Å². The number of carboxylic acid groups (broad SMARTS) is 1. The van der Waals surface area contributed by atoms with Crippen LogP contribution < -0.4 is 0 Å². The lowest BCUT2D eigenvalue weighted by atomic mass is 9.97. The number of hydrogen-bond donors (Lipinski definition) is 6. The summed E-state index contributed by atoms with van der Waals surface area (Å²) in [6.45, 7) is 3.35. The highest BCUT2D eigenvalue weighted by Gasteiger charge is 2.51. The molecule has 0 radical (unpaired) electrons. The first-order valence-electron chi connectivity index (χ1n) is 16.8. The van der Waals surface area contributed by atoms with Crippen LogP contribution in [0.3, 0.4) is 0 Å². The van der Waals surface area contributed by atoms with E-state index in [4.69, 9.17) is 33.5 Å². The molecule has 0 saturated carbocycles. The standard InChI is InChI=1S/C32H56O15/c1-19(15-13-11-9-7-5-4-6-8-10-12-14-16-24(35)36)44-32-30(28(40)26(38)23(46-32)18-43-21(3)34)47-31-29(41)27(39)25(37)22(45-31)17-42-20(2)33/h19,22-23,25-32,37-41H,4-18H2,1-3H3,(H,35,36)/t19?,22-,23-,25-,26-,27+,28+,29-,30-,31+,32-/m1/s1. The molecule has 0 spiro atoms. The lowest BCUT2D eigenvalue weighted by Crippen LogP contribution is -2.65. The van der Waals surface area contributed by atoms with Gasteiger partial charge in [-0.15, -0.1) is 0 Å². The predicted octanol–water partition coefficient (Wildman–Crippen LogP) is 1.31. The van der Waals surface area contributed by atoms with Crippen molar-refractivity contribution < 1.29 is 73.4 Å². The maximum absolute atomic E-state index is 11.4. The Morgan fingerprint density at radius 3 is 1.55 bits per heavy atom. The second-order valence-electron chi connectivity index (χ2n) is 12.5. The fourth-order valence-electron chi connectivity index (χ4n) is 5.61. The molecule has 2 heterocycles. The third-order valence-electron chi connectivity index (χ3n) is 8.37. The Hall–Kier alpha value is -1.95. The highest BCUT2D eigenvalue weighted by Crippen LogP contribution is 2.31. The topological polar surface area (TPSA) is 228 Å². The molecular weight excluding hydrogens is 624 g/mol. The minimum Gasteiger partial charge on any atom is -0.481 e. The molecule has 0 aromatic rings. The van der Waals surface area contributed by atoms with E-state index in [0.717, 1.165) is 77.6 Å². The van der Waals surface area contributed by atoms with Crippen molar-refractivity contribution in [3.8, 4) is 0 Å². The van der Waals surface area contributed by atoms with Gasteiger partial charge in [0.1, 0.15) is 62.0 Å². The summed E-state index contributed by atoms with van der Waals surface area (Å²) in [5, 5.41) is 61.7. The van der Waals surface area contributed by atoms with Crippen LogP contribution in [0.2, 0.25) is 0 Å². The number of carbonyl (C=O) groups excluding carboxylic acids is 2. The highest BCUT2D eigenvalue weighted by atomic mass is 16.8. The van der Waals surface area contributed by atoms with E-state index in [-0.39, 0.29) is 19.1 Å². The lowest BCUT2D eigenvalue weighted by molar-refractivity contribution is -0.371. The van der Waals surface area contributed by atoms with Crippen LogP contribution in [0.4, 0.5) is 0 Å². The molecule has 274 valence electrons. The second-order valence-corrected chi connectivity index (χ2v) is 12.5. The Kier molecular flexibility index (Phi) is 19.2. The van der Waals surface area contributed by atoms with E-state index in [1.165, 1.54) is 6.92 Å². The summed E-state index contributed by atoms with van der Waals surface area (Å²) in [7, 11) is 0. The zero-order valence-corrected chi connectivity index (χ0v) is 27.8. The summed E-state index contributed by atoms with van der Waals surface area (Å²) in [6, 6.07) is 0. The fraction of sp³-hybridized carbons (Fsp3) is 0.906. The van der Waals surface area contributed by atoms with Gasteiger partial charge in [0.2, 0.25) is 0 Å². The first-order valence-corrected chi connectivity index (χ1v) is 16.8.